The van der Waals surface area contributed by atoms with Crippen molar-refractivity contribution < 1.29 is 14.2 Å². The molecule has 1 unspecified atom stereocenters. The van der Waals surface area contributed by atoms with Crippen LogP contribution in [0.2, 0.25) is 0 Å². The molecule has 1 aliphatic rings. The summed E-state index contributed by atoms with van der Waals surface area (Å²) in [5.41, 5.74) is 1.20. The first-order valence-corrected chi connectivity index (χ1v) is 7.48. The fraction of sp³-hybridized carbons (Fsp3) is 0.571. The Morgan fingerprint density at radius 2 is 2.22 bits per heavy atom. The third-order valence-electron chi connectivity index (χ3n) is 2.83. The maximum absolute atomic E-state index is 5.60. The molecule has 1 heterocycles. The molecule has 0 amide bonds. The lowest BCUT2D eigenvalue weighted by molar-refractivity contribution is -0.169. The molecule has 3 nitrogen and oxygen atoms in total. The summed E-state index contributed by atoms with van der Waals surface area (Å²) in [6, 6.07) is 8.33. The Labute approximate surface area is 122 Å². The Hall–Kier alpha value is -0.170. The largest absolute Gasteiger partial charge is 0.374 e. The SMILES string of the molecule is Ic1cccc(COCCOC2CCCCO2)c1. The molecule has 0 radical (unpaired) electrons. The molecule has 0 aliphatic carbocycles. The van der Waals surface area contributed by atoms with E-state index in [1.807, 2.05) is 6.07 Å². The molecule has 100 valence electrons. The van der Waals surface area contributed by atoms with Crippen molar-refractivity contribution in [3.05, 3.63) is 33.4 Å². The second kappa shape index (κ2) is 8.09. The van der Waals surface area contributed by atoms with E-state index in [9.17, 15) is 0 Å². The summed E-state index contributed by atoms with van der Waals surface area (Å²) >= 11 is 2.31. The van der Waals surface area contributed by atoms with Crippen LogP contribution >= 0.6 is 22.6 Å². The summed E-state index contributed by atoms with van der Waals surface area (Å²) < 4.78 is 17.9. The van der Waals surface area contributed by atoms with Crippen molar-refractivity contribution in [3.63, 3.8) is 0 Å². The van der Waals surface area contributed by atoms with Crippen molar-refractivity contribution in [2.45, 2.75) is 32.2 Å². The van der Waals surface area contributed by atoms with E-state index >= 15 is 0 Å². The third kappa shape index (κ3) is 5.22. The predicted octanol–water partition coefficient (Wildman–Crippen LogP) is 3.35. The van der Waals surface area contributed by atoms with Crippen molar-refractivity contribution in [2.24, 2.45) is 0 Å². The van der Waals surface area contributed by atoms with Gasteiger partial charge in [0.2, 0.25) is 0 Å². The first-order chi connectivity index (χ1) is 8.84. The number of ether oxygens (including phenoxy) is 3. The molecular weight excluding hydrogens is 343 g/mol. The van der Waals surface area contributed by atoms with E-state index in [0.717, 1.165) is 19.4 Å². The molecule has 2 rings (SSSR count). The molecule has 18 heavy (non-hydrogen) atoms. The van der Waals surface area contributed by atoms with Gasteiger partial charge in [-0.15, -0.1) is 0 Å². The van der Waals surface area contributed by atoms with Crippen molar-refractivity contribution in [2.75, 3.05) is 19.8 Å². The summed E-state index contributed by atoms with van der Waals surface area (Å²) in [6.07, 6.45) is 3.36. The van der Waals surface area contributed by atoms with E-state index in [-0.39, 0.29) is 6.29 Å². The zero-order valence-electron chi connectivity index (χ0n) is 10.4. The molecule has 0 N–H and O–H groups in total. The molecule has 1 aromatic carbocycles. The molecule has 4 heteroatoms. The third-order valence-corrected chi connectivity index (χ3v) is 3.50. The number of benzene rings is 1. The Morgan fingerprint density at radius 1 is 1.28 bits per heavy atom. The van der Waals surface area contributed by atoms with E-state index < -0.39 is 0 Å². The van der Waals surface area contributed by atoms with Crippen LogP contribution in [0.25, 0.3) is 0 Å². The van der Waals surface area contributed by atoms with Gasteiger partial charge in [0, 0.05) is 10.2 Å². The Kier molecular flexibility index (Phi) is 6.40. The molecule has 0 spiro atoms. The van der Waals surface area contributed by atoms with E-state index in [4.69, 9.17) is 14.2 Å². The van der Waals surface area contributed by atoms with E-state index in [1.54, 1.807) is 0 Å². The second-order valence-corrected chi connectivity index (χ2v) is 5.60. The topological polar surface area (TPSA) is 27.7 Å². The summed E-state index contributed by atoms with van der Waals surface area (Å²) in [5.74, 6) is 0. The Bertz CT molecular complexity index is 351. The van der Waals surface area contributed by atoms with Crippen LogP contribution in [0.5, 0.6) is 0 Å². The smallest absolute Gasteiger partial charge is 0.157 e. The van der Waals surface area contributed by atoms with Gasteiger partial charge in [-0.3, -0.25) is 0 Å². The minimum Gasteiger partial charge on any atom is -0.374 e. The van der Waals surface area contributed by atoms with E-state index in [0.29, 0.717) is 19.8 Å². The van der Waals surface area contributed by atoms with Crippen molar-refractivity contribution in [3.8, 4) is 0 Å². The molecule has 1 aliphatic heterocycles. The number of hydrogen-bond acceptors (Lipinski definition) is 3. The second-order valence-electron chi connectivity index (χ2n) is 4.35. The number of rotatable bonds is 6. The van der Waals surface area contributed by atoms with Crippen molar-refractivity contribution in [1.29, 1.82) is 0 Å². The maximum Gasteiger partial charge on any atom is 0.157 e. The Balaban J connectivity index is 1.55. The van der Waals surface area contributed by atoms with Crippen molar-refractivity contribution in [1.82, 2.24) is 0 Å². The van der Waals surface area contributed by atoms with Crippen LogP contribution in [-0.2, 0) is 20.8 Å². The van der Waals surface area contributed by atoms with Gasteiger partial charge in [0.25, 0.3) is 0 Å². The highest BCUT2D eigenvalue weighted by atomic mass is 127. The minimum atomic E-state index is -0.0139. The maximum atomic E-state index is 5.60. The van der Waals surface area contributed by atoms with Gasteiger partial charge in [-0.25, -0.2) is 0 Å². The molecule has 1 saturated heterocycles. The van der Waals surface area contributed by atoms with Crippen LogP contribution in [0, 0.1) is 3.57 Å². The van der Waals surface area contributed by atoms with E-state index in [1.165, 1.54) is 15.6 Å². The van der Waals surface area contributed by atoms with Gasteiger partial charge in [0.1, 0.15) is 0 Å². The average molecular weight is 362 g/mol. The molecule has 0 bridgehead atoms. The summed E-state index contributed by atoms with van der Waals surface area (Å²) in [4.78, 5) is 0. The lowest BCUT2D eigenvalue weighted by Gasteiger charge is -2.22. The van der Waals surface area contributed by atoms with Crippen LogP contribution in [0.3, 0.4) is 0 Å². The molecule has 0 saturated carbocycles. The quantitative estimate of drug-likeness (QED) is 0.574. The highest BCUT2D eigenvalue weighted by Gasteiger charge is 2.13. The van der Waals surface area contributed by atoms with Crippen LogP contribution in [0.15, 0.2) is 24.3 Å². The highest BCUT2D eigenvalue weighted by Crippen LogP contribution is 2.13. The highest BCUT2D eigenvalue weighted by molar-refractivity contribution is 14.1. The number of hydrogen-bond donors (Lipinski definition) is 0. The van der Waals surface area contributed by atoms with Gasteiger partial charge in [0.15, 0.2) is 6.29 Å². The number of halogens is 1. The van der Waals surface area contributed by atoms with Gasteiger partial charge in [-0.05, 0) is 59.5 Å². The van der Waals surface area contributed by atoms with Gasteiger partial charge in [-0.2, -0.15) is 0 Å². The summed E-state index contributed by atoms with van der Waals surface area (Å²) in [7, 11) is 0. The molecular formula is C14H19IO3. The van der Waals surface area contributed by atoms with Crippen LogP contribution in [0.1, 0.15) is 24.8 Å². The van der Waals surface area contributed by atoms with Gasteiger partial charge in [0.05, 0.1) is 19.8 Å². The zero-order valence-corrected chi connectivity index (χ0v) is 12.6. The zero-order chi connectivity index (χ0) is 12.6. The standard InChI is InChI=1S/C14H19IO3/c15-13-5-3-4-12(10-13)11-16-8-9-18-14-6-1-2-7-17-14/h3-5,10,14H,1-2,6-9,11H2. The van der Waals surface area contributed by atoms with Crippen molar-refractivity contribution >= 4 is 22.6 Å². The van der Waals surface area contributed by atoms with Gasteiger partial charge >= 0.3 is 0 Å². The minimum absolute atomic E-state index is 0.0139. The molecule has 1 atom stereocenters. The Morgan fingerprint density at radius 3 is 3.00 bits per heavy atom. The van der Waals surface area contributed by atoms with Gasteiger partial charge < -0.3 is 14.2 Å². The molecule has 1 aromatic rings. The van der Waals surface area contributed by atoms with Crippen LogP contribution in [0.4, 0.5) is 0 Å². The predicted molar refractivity (Wildman–Crippen MR) is 78.4 cm³/mol. The summed E-state index contributed by atoms with van der Waals surface area (Å²) in [6.45, 7) is 2.69. The van der Waals surface area contributed by atoms with Crippen LogP contribution in [-0.4, -0.2) is 26.1 Å². The lowest BCUT2D eigenvalue weighted by Crippen LogP contribution is -2.23. The average Bonchev–Trinajstić information content (AvgIpc) is 2.40. The molecule has 1 fully saturated rings. The lowest BCUT2D eigenvalue weighted by atomic mass is 10.2. The fourth-order valence-corrected chi connectivity index (χ4v) is 2.51. The monoisotopic (exact) mass is 362 g/mol. The van der Waals surface area contributed by atoms with Gasteiger partial charge in [-0.1, -0.05) is 12.1 Å². The normalized spacial score (nSPS) is 19.9. The summed E-state index contributed by atoms with van der Waals surface area (Å²) in [5, 5.41) is 0. The van der Waals surface area contributed by atoms with E-state index in [2.05, 4.69) is 40.8 Å². The molecule has 0 aromatic heterocycles. The fourth-order valence-electron chi connectivity index (χ4n) is 1.90. The van der Waals surface area contributed by atoms with Crippen LogP contribution < -0.4 is 0 Å². The first kappa shape index (κ1) is 14.2. The first-order valence-electron chi connectivity index (χ1n) is 6.40.